The average molecular weight is 298 g/mol. The lowest BCUT2D eigenvalue weighted by molar-refractivity contribution is -0.386. The fourth-order valence-electron chi connectivity index (χ4n) is 2.78. The minimum absolute atomic E-state index is 0.0286. The van der Waals surface area contributed by atoms with Crippen molar-refractivity contribution in [2.24, 2.45) is 17.6 Å². The molecule has 2 rings (SSSR count). The highest BCUT2D eigenvalue weighted by molar-refractivity contribution is 5.51. The molecule has 0 amide bonds. The third kappa shape index (κ3) is 3.41. The highest BCUT2D eigenvalue weighted by Gasteiger charge is 2.28. The Hall–Kier alpha value is -1.89. The average Bonchev–Trinajstić information content (AvgIpc) is 2.92. The molecule has 2 atom stereocenters. The van der Waals surface area contributed by atoms with Gasteiger partial charge in [-0.15, -0.1) is 0 Å². The Balaban J connectivity index is 2.16. The second-order valence-corrected chi connectivity index (χ2v) is 5.21. The molecule has 7 heteroatoms. The molecule has 0 heterocycles. The lowest BCUT2D eigenvalue weighted by Crippen LogP contribution is -2.23. The normalized spacial score (nSPS) is 21.3. The quantitative estimate of drug-likeness (QED) is 0.644. The number of methoxy groups -OCH3 is 1. The predicted molar refractivity (Wildman–Crippen MR) is 75.0 cm³/mol. The molecule has 0 radical (unpaired) electrons. The van der Waals surface area contributed by atoms with Crippen molar-refractivity contribution >= 4 is 5.69 Å². The van der Waals surface area contributed by atoms with Crippen molar-refractivity contribution in [3.05, 3.63) is 28.1 Å². The SMILES string of the molecule is COc1cc(OCC2CCCC2CN)c([N+](=O)[O-])cc1F. The van der Waals surface area contributed by atoms with E-state index < -0.39 is 16.4 Å². The van der Waals surface area contributed by atoms with Crippen LogP contribution in [0, 0.1) is 27.8 Å². The highest BCUT2D eigenvalue weighted by atomic mass is 19.1. The summed E-state index contributed by atoms with van der Waals surface area (Å²) in [5, 5.41) is 11.0. The highest BCUT2D eigenvalue weighted by Crippen LogP contribution is 2.36. The van der Waals surface area contributed by atoms with Crippen LogP contribution in [0.15, 0.2) is 12.1 Å². The second kappa shape index (κ2) is 6.71. The molecule has 6 nitrogen and oxygen atoms in total. The Morgan fingerprint density at radius 3 is 2.71 bits per heavy atom. The van der Waals surface area contributed by atoms with Crippen molar-refractivity contribution in [3.8, 4) is 11.5 Å². The molecule has 0 aromatic heterocycles. The van der Waals surface area contributed by atoms with Crippen LogP contribution < -0.4 is 15.2 Å². The summed E-state index contributed by atoms with van der Waals surface area (Å²) in [4.78, 5) is 10.3. The topological polar surface area (TPSA) is 87.6 Å². The third-order valence-electron chi connectivity index (χ3n) is 4.00. The molecular formula is C14H19FN2O4. The number of benzene rings is 1. The van der Waals surface area contributed by atoms with Crippen LogP contribution in [0.3, 0.4) is 0 Å². The summed E-state index contributed by atoms with van der Waals surface area (Å²) >= 11 is 0. The van der Waals surface area contributed by atoms with E-state index in [-0.39, 0.29) is 17.4 Å². The van der Waals surface area contributed by atoms with Crippen molar-refractivity contribution < 1.29 is 18.8 Å². The van der Waals surface area contributed by atoms with Crippen LogP contribution in [0.2, 0.25) is 0 Å². The van der Waals surface area contributed by atoms with Gasteiger partial charge in [-0.25, -0.2) is 4.39 Å². The second-order valence-electron chi connectivity index (χ2n) is 5.21. The van der Waals surface area contributed by atoms with Crippen molar-refractivity contribution in [2.45, 2.75) is 19.3 Å². The molecule has 0 spiro atoms. The van der Waals surface area contributed by atoms with Gasteiger partial charge in [0, 0.05) is 6.07 Å². The molecule has 116 valence electrons. The van der Waals surface area contributed by atoms with E-state index in [1.54, 1.807) is 0 Å². The van der Waals surface area contributed by atoms with Crippen LogP contribution in [-0.2, 0) is 0 Å². The van der Waals surface area contributed by atoms with Crippen LogP contribution in [0.4, 0.5) is 10.1 Å². The third-order valence-corrected chi connectivity index (χ3v) is 4.00. The number of hydrogen-bond acceptors (Lipinski definition) is 5. The van der Waals surface area contributed by atoms with Gasteiger partial charge in [0.05, 0.1) is 24.7 Å². The van der Waals surface area contributed by atoms with E-state index in [0.717, 1.165) is 25.3 Å². The summed E-state index contributed by atoms with van der Waals surface area (Å²) < 4.78 is 24.0. The maximum atomic E-state index is 13.5. The van der Waals surface area contributed by atoms with Gasteiger partial charge >= 0.3 is 5.69 Å². The number of nitro benzene ring substituents is 1. The first kappa shape index (κ1) is 15.5. The molecule has 1 aromatic rings. The van der Waals surface area contributed by atoms with Gasteiger partial charge in [0.15, 0.2) is 11.6 Å². The molecule has 1 aliphatic rings. The first-order chi connectivity index (χ1) is 10.1. The van der Waals surface area contributed by atoms with E-state index >= 15 is 0 Å². The molecule has 1 saturated carbocycles. The lowest BCUT2D eigenvalue weighted by atomic mass is 9.97. The number of nitrogens with zero attached hydrogens (tertiary/aromatic N) is 1. The van der Waals surface area contributed by atoms with E-state index in [1.165, 1.54) is 13.2 Å². The summed E-state index contributed by atoms with van der Waals surface area (Å²) in [6.07, 6.45) is 3.14. The maximum Gasteiger partial charge on any atom is 0.314 e. The summed E-state index contributed by atoms with van der Waals surface area (Å²) in [6, 6.07) is 2.04. The van der Waals surface area contributed by atoms with E-state index in [0.29, 0.717) is 19.1 Å². The summed E-state index contributed by atoms with van der Waals surface area (Å²) in [5.41, 5.74) is 5.31. The number of nitro groups is 1. The Morgan fingerprint density at radius 1 is 1.38 bits per heavy atom. The van der Waals surface area contributed by atoms with Gasteiger partial charge in [-0.05, 0) is 31.2 Å². The van der Waals surface area contributed by atoms with Crippen LogP contribution in [-0.4, -0.2) is 25.2 Å². The molecule has 0 saturated heterocycles. The van der Waals surface area contributed by atoms with Gasteiger partial charge in [0.25, 0.3) is 0 Å². The van der Waals surface area contributed by atoms with E-state index in [9.17, 15) is 14.5 Å². The molecule has 1 fully saturated rings. The van der Waals surface area contributed by atoms with E-state index in [4.69, 9.17) is 15.2 Å². The van der Waals surface area contributed by atoms with Gasteiger partial charge in [-0.2, -0.15) is 0 Å². The van der Waals surface area contributed by atoms with E-state index in [1.807, 2.05) is 0 Å². The van der Waals surface area contributed by atoms with Gasteiger partial charge < -0.3 is 15.2 Å². The minimum Gasteiger partial charge on any atom is -0.494 e. The zero-order valence-electron chi connectivity index (χ0n) is 11.9. The van der Waals surface area contributed by atoms with Crippen LogP contribution in [0.1, 0.15) is 19.3 Å². The first-order valence-corrected chi connectivity index (χ1v) is 6.91. The number of halogens is 1. The van der Waals surface area contributed by atoms with Crippen molar-refractivity contribution in [3.63, 3.8) is 0 Å². The fraction of sp³-hybridized carbons (Fsp3) is 0.571. The molecule has 2 unspecified atom stereocenters. The monoisotopic (exact) mass is 298 g/mol. The molecule has 21 heavy (non-hydrogen) atoms. The lowest BCUT2D eigenvalue weighted by Gasteiger charge is -2.18. The molecule has 2 N–H and O–H groups in total. The van der Waals surface area contributed by atoms with Crippen molar-refractivity contribution in [2.75, 3.05) is 20.3 Å². The molecule has 0 aliphatic heterocycles. The fourth-order valence-corrected chi connectivity index (χ4v) is 2.78. The number of ether oxygens (including phenoxy) is 2. The summed E-state index contributed by atoms with van der Waals surface area (Å²) in [7, 11) is 1.30. The van der Waals surface area contributed by atoms with Gasteiger partial charge in [0.2, 0.25) is 5.75 Å². The zero-order valence-corrected chi connectivity index (χ0v) is 11.9. The molecule has 0 bridgehead atoms. The Bertz CT molecular complexity index is 524. The number of hydrogen-bond donors (Lipinski definition) is 1. The van der Waals surface area contributed by atoms with Gasteiger partial charge in [0.1, 0.15) is 0 Å². The molecule has 1 aromatic carbocycles. The Labute approximate surface area is 122 Å². The Morgan fingerprint density at radius 2 is 2.10 bits per heavy atom. The summed E-state index contributed by atoms with van der Waals surface area (Å²) in [6.45, 7) is 0.931. The van der Waals surface area contributed by atoms with E-state index in [2.05, 4.69) is 0 Å². The molecule has 1 aliphatic carbocycles. The number of nitrogens with two attached hydrogens (primary N) is 1. The van der Waals surface area contributed by atoms with Gasteiger partial charge in [-0.1, -0.05) is 6.42 Å². The maximum absolute atomic E-state index is 13.5. The van der Waals surface area contributed by atoms with Crippen molar-refractivity contribution in [1.82, 2.24) is 0 Å². The number of rotatable bonds is 6. The largest absolute Gasteiger partial charge is 0.494 e. The molecular weight excluding hydrogens is 279 g/mol. The van der Waals surface area contributed by atoms with Crippen molar-refractivity contribution in [1.29, 1.82) is 0 Å². The predicted octanol–water partition coefficient (Wildman–Crippen LogP) is 2.50. The standard InChI is InChI=1S/C14H19FN2O4/c1-20-13-6-14(12(17(18)19)5-11(13)15)21-8-10-4-2-3-9(10)7-16/h5-6,9-10H,2-4,7-8,16H2,1H3. The first-order valence-electron chi connectivity index (χ1n) is 6.91. The van der Waals surface area contributed by atoms with Gasteiger partial charge in [-0.3, -0.25) is 10.1 Å². The van der Waals surface area contributed by atoms with Crippen LogP contribution in [0.25, 0.3) is 0 Å². The van der Waals surface area contributed by atoms with Crippen LogP contribution in [0.5, 0.6) is 11.5 Å². The smallest absolute Gasteiger partial charge is 0.314 e. The minimum atomic E-state index is -0.780. The zero-order chi connectivity index (χ0) is 15.4. The summed E-state index contributed by atoms with van der Waals surface area (Å²) in [5.74, 6) is -0.160. The van der Waals surface area contributed by atoms with Crippen LogP contribution >= 0.6 is 0 Å². The Kier molecular flexibility index (Phi) is 4.95.